The lowest BCUT2D eigenvalue weighted by molar-refractivity contribution is -0.385. The van der Waals surface area contributed by atoms with Crippen LogP contribution >= 0.6 is 0 Å². The van der Waals surface area contributed by atoms with Crippen molar-refractivity contribution in [2.45, 2.75) is 86.2 Å². The van der Waals surface area contributed by atoms with Gasteiger partial charge in [0, 0.05) is 18.7 Å². The molecule has 0 unspecified atom stereocenters. The van der Waals surface area contributed by atoms with Gasteiger partial charge in [0.2, 0.25) is 0 Å². The predicted molar refractivity (Wildman–Crippen MR) is 119 cm³/mol. The van der Waals surface area contributed by atoms with Crippen LogP contribution in [0.2, 0.25) is 0 Å². The molecule has 0 saturated heterocycles. The first-order valence-corrected chi connectivity index (χ1v) is 10.5. The monoisotopic (exact) mass is 425 g/mol. The van der Waals surface area contributed by atoms with Crippen LogP contribution in [-0.4, -0.2) is 30.4 Å². The minimum Gasteiger partial charge on any atom is -0.434 e. The van der Waals surface area contributed by atoms with Crippen LogP contribution in [0.4, 0.5) is 10.5 Å². The summed E-state index contributed by atoms with van der Waals surface area (Å²) in [6.07, 6.45) is 4.45. The third kappa shape index (κ3) is 11.8. The molecule has 1 rings (SSSR count). The molecule has 1 aromatic rings. The first-order chi connectivity index (χ1) is 13.9. The van der Waals surface area contributed by atoms with E-state index in [1.807, 2.05) is 0 Å². The number of hydrogen-bond acceptors (Lipinski definition) is 6. The zero-order valence-electron chi connectivity index (χ0n) is 19.9. The van der Waals surface area contributed by atoms with Crippen molar-refractivity contribution >= 4 is 11.8 Å². The number of nitrogens with zero attached hydrogens (tertiary/aromatic N) is 1. The van der Waals surface area contributed by atoms with Crippen molar-refractivity contribution in [1.82, 2.24) is 0 Å². The van der Waals surface area contributed by atoms with Crippen molar-refractivity contribution in [3.63, 3.8) is 0 Å². The molecule has 172 valence electrons. The molecule has 0 amide bonds. The van der Waals surface area contributed by atoms with E-state index < -0.39 is 11.1 Å². The first-order valence-electron chi connectivity index (χ1n) is 10.5. The van der Waals surface area contributed by atoms with Crippen LogP contribution < -0.4 is 4.74 Å². The summed E-state index contributed by atoms with van der Waals surface area (Å²) in [4.78, 5) is 21.8. The van der Waals surface area contributed by atoms with E-state index in [0.717, 1.165) is 25.7 Å². The fraction of sp³-hybridized carbons (Fsp3) is 0.696. The molecule has 1 aromatic carbocycles. The quantitative estimate of drug-likeness (QED) is 0.176. The molecule has 0 saturated carbocycles. The molecule has 7 heteroatoms. The second-order valence-electron chi connectivity index (χ2n) is 8.78. The average Bonchev–Trinajstić information content (AvgIpc) is 2.61. The molecule has 0 aliphatic carbocycles. The van der Waals surface area contributed by atoms with Gasteiger partial charge in [-0.1, -0.05) is 40.5 Å². The molecule has 0 spiro atoms. The van der Waals surface area contributed by atoms with Crippen molar-refractivity contribution in [3.05, 3.63) is 33.9 Å². The maximum absolute atomic E-state index is 11.6. The van der Waals surface area contributed by atoms with Crippen LogP contribution in [0.1, 0.15) is 79.2 Å². The predicted octanol–water partition coefficient (Wildman–Crippen LogP) is 6.85. The SMILES string of the molecule is CCCC(C)(C)CCOC(=O)Oc1ccc([N+](=O)[O-])c(C)c1.CCCC(C)(C)OC. The fourth-order valence-electron chi connectivity index (χ4n) is 2.94. The van der Waals surface area contributed by atoms with Crippen molar-refractivity contribution in [2.24, 2.45) is 5.41 Å². The normalized spacial score (nSPS) is 11.3. The highest BCUT2D eigenvalue weighted by Crippen LogP contribution is 2.27. The van der Waals surface area contributed by atoms with Gasteiger partial charge in [-0.2, -0.15) is 0 Å². The molecule has 0 aliphatic rings. The molecule has 30 heavy (non-hydrogen) atoms. The smallest absolute Gasteiger partial charge is 0.434 e. The second kappa shape index (κ2) is 13.2. The maximum atomic E-state index is 11.6. The lowest BCUT2D eigenvalue weighted by Gasteiger charge is -2.23. The highest BCUT2D eigenvalue weighted by Gasteiger charge is 2.18. The Labute approximate surface area is 181 Å². The van der Waals surface area contributed by atoms with E-state index in [1.54, 1.807) is 14.0 Å². The van der Waals surface area contributed by atoms with Gasteiger partial charge in [-0.25, -0.2) is 4.79 Å². The van der Waals surface area contributed by atoms with Crippen LogP contribution in [0, 0.1) is 22.5 Å². The number of methoxy groups -OCH3 is 1. The topological polar surface area (TPSA) is 87.9 Å². The van der Waals surface area contributed by atoms with Crippen LogP contribution in [-0.2, 0) is 9.47 Å². The van der Waals surface area contributed by atoms with Crippen LogP contribution in [0.25, 0.3) is 0 Å². The number of benzene rings is 1. The highest BCUT2D eigenvalue weighted by atomic mass is 16.7. The maximum Gasteiger partial charge on any atom is 0.513 e. The van der Waals surface area contributed by atoms with Crippen molar-refractivity contribution in [3.8, 4) is 5.75 Å². The molecule has 7 nitrogen and oxygen atoms in total. The molecule has 0 fully saturated rings. The Kier molecular flexibility index (Phi) is 12.3. The van der Waals surface area contributed by atoms with Gasteiger partial charge in [0.05, 0.1) is 17.1 Å². The molecule has 0 N–H and O–H groups in total. The zero-order valence-corrected chi connectivity index (χ0v) is 19.9. The number of nitro benzene ring substituents is 1. The molecule has 0 atom stereocenters. The zero-order chi connectivity index (χ0) is 23.4. The molecular formula is C23H39NO6. The van der Waals surface area contributed by atoms with E-state index in [0.29, 0.717) is 5.56 Å². The highest BCUT2D eigenvalue weighted by molar-refractivity contribution is 5.64. The minimum atomic E-state index is -0.791. The number of carbonyl (C=O) groups is 1. The van der Waals surface area contributed by atoms with Gasteiger partial charge < -0.3 is 14.2 Å². The van der Waals surface area contributed by atoms with Gasteiger partial charge in [-0.05, 0) is 57.6 Å². The minimum absolute atomic E-state index is 0.0120. The summed E-state index contributed by atoms with van der Waals surface area (Å²) in [5.74, 6) is 0.237. The largest absolute Gasteiger partial charge is 0.513 e. The van der Waals surface area contributed by atoms with Crippen molar-refractivity contribution in [2.75, 3.05) is 13.7 Å². The standard InChI is InChI=1S/C16H23NO5.C7H16O/c1-5-8-16(3,4)9-10-21-15(18)22-13-6-7-14(17(19)20)12(2)11-13;1-5-6-7(2,3)8-4/h6-7,11H,5,8-10H2,1-4H3;5-6H2,1-4H3. The second-order valence-corrected chi connectivity index (χ2v) is 8.78. The molecule has 0 aliphatic heterocycles. The van der Waals surface area contributed by atoms with Gasteiger partial charge >= 0.3 is 6.16 Å². The Morgan fingerprint density at radius 1 is 1.07 bits per heavy atom. The van der Waals surface area contributed by atoms with E-state index in [2.05, 4.69) is 41.5 Å². The summed E-state index contributed by atoms with van der Waals surface area (Å²) >= 11 is 0. The van der Waals surface area contributed by atoms with E-state index >= 15 is 0 Å². The van der Waals surface area contributed by atoms with E-state index in [-0.39, 0.29) is 29.1 Å². The molecule has 0 aromatic heterocycles. The number of ether oxygens (including phenoxy) is 3. The van der Waals surface area contributed by atoms with Crippen LogP contribution in [0.5, 0.6) is 5.75 Å². The molecular weight excluding hydrogens is 386 g/mol. The van der Waals surface area contributed by atoms with Gasteiger partial charge in [-0.3, -0.25) is 10.1 Å². The van der Waals surface area contributed by atoms with Crippen molar-refractivity contribution in [1.29, 1.82) is 0 Å². The number of carbonyl (C=O) groups excluding carboxylic acids is 1. The van der Waals surface area contributed by atoms with Crippen LogP contribution in [0.3, 0.4) is 0 Å². The molecule has 0 radical (unpaired) electrons. The fourth-order valence-corrected chi connectivity index (χ4v) is 2.94. The Balaban J connectivity index is 0.000000890. The van der Waals surface area contributed by atoms with Gasteiger partial charge in [0.1, 0.15) is 5.75 Å². The van der Waals surface area contributed by atoms with Gasteiger partial charge in [0.25, 0.3) is 5.69 Å². The van der Waals surface area contributed by atoms with E-state index in [4.69, 9.17) is 14.2 Å². The lowest BCUT2D eigenvalue weighted by atomic mass is 9.85. The Bertz CT molecular complexity index is 670. The summed E-state index contributed by atoms with van der Waals surface area (Å²) in [5.41, 5.74) is 0.634. The third-order valence-electron chi connectivity index (χ3n) is 4.90. The molecule has 0 bridgehead atoms. The average molecular weight is 426 g/mol. The third-order valence-corrected chi connectivity index (χ3v) is 4.90. The van der Waals surface area contributed by atoms with E-state index in [1.165, 1.54) is 24.6 Å². The molecule has 0 heterocycles. The Morgan fingerprint density at radius 3 is 2.10 bits per heavy atom. The number of nitro groups is 1. The number of hydrogen-bond donors (Lipinski definition) is 0. The van der Waals surface area contributed by atoms with Gasteiger partial charge in [-0.15, -0.1) is 0 Å². The lowest BCUT2D eigenvalue weighted by Crippen LogP contribution is -2.21. The van der Waals surface area contributed by atoms with Gasteiger partial charge in [0.15, 0.2) is 0 Å². The first kappa shape index (κ1) is 27.8. The summed E-state index contributed by atoms with van der Waals surface area (Å²) < 4.78 is 15.2. The van der Waals surface area contributed by atoms with Crippen LogP contribution in [0.15, 0.2) is 18.2 Å². The van der Waals surface area contributed by atoms with E-state index in [9.17, 15) is 14.9 Å². The summed E-state index contributed by atoms with van der Waals surface area (Å²) in [6, 6.07) is 4.14. The summed E-state index contributed by atoms with van der Waals surface area (Å²) in [5, 5.41) is 10.7. The van der Waals surface area contributed by atoms with Crippen molar-refractivity contribution < 1.29 is 23.9 Å². The summed E-state index contributed by atoms with van der Waals surface area (Å²) in [6.45, 7) is 14.6. The number of aryl methyl sites for hydroxylation is 1. The Morgan fingerprint density at radius 2 is 1.67 bits per heavy atom. The summed E-state index contributed by atoms with van der Waals surface area (Å²) in [7, 11) is 1.76. The Hall–Kier alpha value is -2.15. The number of rotatable bonds is 10.